The van der Waals surface area contributed by atoms with Crippen molar-refractivity contribution < 1.29 is 17.0 Å². The molecule has 0 fully saturated rings. The number of rotatable bonds is 2. The normalized spacial score (nSPS) is 13.5. The highest BCUT2D eigenvalue weighted by molar-refractivity contribution is 7.99. The van der Waals surface area contributed by atoms with Gasteiger partial charge in [0.15, 0.2) is 5.82 Å². The summed E-state index contributed by atoms with van der Waals surface area (Å²) in [5.74, 6) is 1.77. The summed E-state index contributed by atoms with van der Waals surface area (Å²) in [6.07, 6.45) is 0.846. The van der Waals surface area contributed by atoms with Crippen LogP contribution in [0.25, 0.3) is 0 Å². The molecular formula is C12H12BrN4S-. The van der Waals surface area contributed by atoms with Crippen molar-refractivity contribution in [2.75, 3.05) is 5.75 Å². The summed E-state index contributed by atoms with van der Waals surface area (Å²) in [7, 11) is 0. The molecule has 0 bridgehead atoms. The topological polar surface area (TPSA) is 43.1 Å². The van der Waals surface area contributed by atoms with Crippen LogP contribution in [0.2, 0.25) is 0 Å². The molecule has 0 aliphatic carbocycles. The molecule has 2 aromatic rings. The van der Waals surface area contributed by atoms with Gasteiger partial charge in [-0.2, -0.15) is 9.78 Å². The van der Waals surface area contributed by atoms with Gasteiger partial charge >= 0.3 is 0 Å². The number of aromatic nitrogens is 3. The zero-order chi connectivity index (χ0) is 11.7. The molecule has 0 saturated carbocycles. The fraction of sp³-hybridized carbons (Fsp3) is 0.250. The third-order valence-electron chi connectivity index (χ3n) is 2.66. The molecule has 1 aromatic heterocycles. The highest BCUT2D eigenvalue weighted by Crippen LogP contribution is 2.23. The zero-order valence-electron chi connectivity index (χ0n) is 9.88. The Labute approximate surface area is 120 Å². The zero-order valence-corrected chi connectivity index (χ0v) is 12.3. The Morgan fingerprint density at radius 2 is 2.00 bits per heavy atom. The minimum absolute atomic E-state index is 0. The third kappa shape index (κ3) is 2.35. The molecule has 0 amide bonds. The van der Waals surface area contributed by atoms with E-state index in [4.69, 9.17) is 0 Å². The van der Waals surface area contributed by atoms with Crippen molar-refractivity contribution in [3.8, 4) is 0 Å². The lowest BCUT2D eigenvalue weighted by molar-refractivity contribution is -0.00000356. The van der Waals surface area contributed by atoms with Gasteiger partial charge in [-0.15, -0.1) is 10.2 Å². The van der Waals surface area contributed by atoms with Crippen LogP contribution in [0, 0.1) is 0 Å². The van der Waals surface area contributed by atoms with E-state index in [0.29, 0.717) is 0 Å². The molecule has 4 nitrogen and oxygen atoms in total. The van der Waals surface area contributed by atoms with Crippen molar-refractivity contribution >= 4 is 17.5 Å². The third-order valence-corrected chi connectivity index (χ3v) is 3.59. The maximum Gasteiger partial charge on any atom is 0.212 e. The first kappa shape index (κ1) is 13.3. The van der Waals surface area contributed by atoms with Crippen molar-refractivity contribution in [1.82, 2.24) is 14.9 Å². The molecule has 1 aliphatic heterocycles. The fourth-order valence-corrected chi connectivity index (χ4v) is 2.62. The Balaban J connectivity index is 0.00000120. The highest BCUT2D eigenvalue weighted by Gasteiger charge is 2.18. The number of aryl methyl sites for hydroxylation is 1. The van der Waals surface area contributed by atoms with Crippen LogP contribution in [-0.4, -0.2) is 26.3 Å². The van der Waals surface area contributed by atoms with Crippen LogP contribution in [0.15, 0.2) is 40.6 Å². The quantitative estimate of drug-likeness (QED) is 0.727. The molecule has 94 valence electrons. The average molecular weight is 324 g/mol. The molecule has 1 aliphatic rings. The summed E-state index contributed by atoms with van der Waals surface area (Å²) in [6, 6.07) is 10.2. The maximum atomic E-state index is 4.63. The molecule has 2 heterocycles. The first-order valence-electron chi connectivity index (χ1n) is 5.59. The van der Waals surface area contributed by atoms with Gasteiger partial charge in [0.25, 0.3) is 0 Å². The van der Waals surface area contributed by atoms with Crippen LogP contribution in [0.1, 0.15) is 18.3 Å². The Morgan fingerprint density at radius 1 is 1.22 bits per heavy atom. The van der Waals surface area contributed by atoms with Gasteiger partial charge in [0.1, 0.15) is 0 Å². The number of hydrogen-bond donors (Lipinski definition) is 0. The van der Waals surface area contributed by atoms with Gasteiger partial charge in [-0.1, -0.05) is 49.0 Å². The van der Waals surface area contributed by atoms with E-state index in [0.717, 1.165) is 28.9 Å². The number of hydrogen-bond acceptors (Lipinski definition) is 4. The van der Waals surface area contributed by atoms with Gasteiger partial charge in [0, 0.05) is 12.2 Å². The second kappa shape index (κ2) is 5.67. The number of fused-ring (bicyclic) bond motifs is 1. The first-order chi connectivity index (χ1) is 8.38. The van der Waals surface area contributed by atoms with Crippen LogP contribution < -0.4 is 17.0 Å². The molecule has 6 heteroatoms. The molecule has 18 heavy (non-hydrogen) atoms. The van der Waals surface area contributed by atoms with E-state index < -0.39 is 0 Å². The predicted octanol–water partition coefficient (Wildman–Crippen LogP) is -0.797. The van der Waals surface area contributed by atoms with Crippen molar-refractivity contribution in [3.63, 3.8) is 0 Å². The molecule has 0 atom stereocenters. The van der Waals surface area contributed by atoms with Crippen molar-refractivity contribution in [2.24, 2.45) is 5.10 Å². The molecular weight excluding hydrogens is 312 g/mol. The van der Waals surface area contributed by atoms with Gasteiger partial charge in [0.2, 0.25) is 5.16 Å². The monoisotopic (exact) mass is 323 g/mol. The van der Waals surface area contributed by atoms with E-state index in [-0.39, 0.29) is 17.0 Å². The number of thioether (sulfide) groups is 1. The average Bonchev–Trinajstić information content (AvgIpc) is 2.81. The Hall–Kier alpha value is -1.14. The van der Waals surface area contributed by atoms with E-state index >= 15 is 0 Å². The van der Waals surface area contributed by atoms with Crippen LogP contribution in [0.3, 0.4) is 0 Å². The summed E-state index contributed by atoms with van der Waals surface area (Å²) in [6.45, 7) is 2.06. The molecule has 0 spiro atoms. The van der Waals surface area contributed by atoms with Gasteiger partial charge in [-0.3, -0.25) is 0 Å². The van der Waals surface area contributed by atoms with E-state index in [9.17, 15) is 0 Å². The summed E-state index contributed by atoms with van der Waals surface area (Å²) < 4.78 is 1.86. The molecule has 0 saturated heterocycles. The van der Waals surface area contributed by atoms with Crippen molar-refractivity contribution in [1.29, 1.82) is 0 Å². The van der Waals surface area contributed by atoms with Crippen LogP contribution in [0.5, 0.6) is 0 Å². The lowest BCUT2D eigenvalue weighted by atomic mass is 10.1. The van der Waals surface area contributed by atoms with Gasteiger partial charge in [0.05, 0.1) is 5.71 Å². The largest absolute Gasteiger partial charge is 1.00 e. The van der Waals surface area contributed by atoms with Crippen molar-refractivity contribution in [2.45, 2.75) is 18.5 Å². The predicted molar refractivity (Wildman–Crippen MR) is 68.5 cm³/mol. The van der Waals surface area contributed by atoms with Gasteiger partial charge in [-0.05, 0) is 5.56 Å². The smallest absolute Gasteiger partial charge is 0.212 e. The first-order valence-corrected chi connectivity index (χ1v) is 6.57. The molecule has 3 rings (SSSR count). The van der Waals surface area contributed by atoms with Crippen LogP contribution in [-0.2, 0) is 6.42 Å². The standard InChI is InChI=1S/C12H12N4S.BrH/c1-2-11-13-14-12-16(11)15-10(8-17-12)9-6-4-3-5-7-9;/h3-7H,2,8H2,1H3;1H/p-1. The van der Waals surface area contributed by atoms with E-state index in [1.165, 1.54) is 5.56 Å². The second-order valence-electron chi connectivity index (χ2n) is 3.77. The lowest BCUT2D eigenvalue weighted by Gasteiger charge is -2.13. The Bertz CT molecular complexity index is 565. The second-order valence-corrected chi connectivity index (χ2v) is 4.71. The highest BCUT2D eigenvalue weighted by atomic mass is 79.9. The van der Waals surface area contributed by atoms with E-state index in [1.54, 1.807) is 11.8 Å². The SMILES string of the molecule is CCc1nnc2n1N=C(c1ccccc1)CS2.[Br-]. The van der Waals surface area contributed by atoms with Crippen LogP contribution in [0.4, 0.5) is 0 Å². The summed E-state index contributed by atoms with van der Waals surface area (Å²) in [5, 5.41) is 13.8. The molecule has 1 aromatic carbocycles. The minimum atomic E-state index is 0. The molecule has 0 unspecified atom stereocenters. The van der Waals surface area contributed by atoms with Gasteiger partial charge < -0.3 is 17.0 Å². The number of halogens is 1. The summed E-state index contributed by atoms with van der Waals surface area (Å²) in [5.41, 5.74) is 2.25. The lowest BCUT2D eigenvalue weighted by Crippen LogP contribution is -3.00. The summed E-state index contributed by atoms with van der Waals surface area (Å²) >= 11 is 1.69. The Kier molecular flexibility index (Phi) is 4.19. The molecule has 0 radical (unpaired) electrons. The van der Waals surface area contributed by atoms with Gasteiger partial charge in [-0.25, -0.2) is 0 Å². The summed E-state index contributed by atoms with van der Waals surface area (Å²) in [4.78, 5) is 0. The van der Waals surface area contributed by atoms with E-state index in [2.05, 4.69) is 34.4 Å². The number of benzene rings is 1. The minimum Gasteiger partial charge on any atom is -1.00 e. The fourth-order valence-electron chi connectivity index (χ4n) is 1.76. The van der Waals surface area contributed by atoms with E-state index in [1.807, 2.05) is 22.9 Å². The van der Waals surface area contributed by atoms with Crippen molar-refractivity contribution in [3.05, 3.63) is 41.7 Å². The maximum absolute atomic E-state index is 4.63. The molecule has 0 N–H and O–H groups in total. The number of nitrogens with zero attached hydrogens (tertiary/aromatic N) is 4. The van der Waals surface area contributed by atoms with Crippen LogP contribution >= 0.6 is 11.8 Å². The Morgan fingerprint density at radius 3 is 2.72 bits per heavy atom.